The number of aromatic hydroxyl groups is 1. The fraction of sp³-hybridized carbons (Fsp3) is 0.0833. The van der Waals surface area contributed by atoms with E-state index in [-0.39, 0.29) is 11.7 Å². The van der Waals surface area contributed by atoms with Crippen LogP contribution in [0.2, 0.25) is 0 Å². The average Bonchev–Trinajstić information content (AvgIpc) is 2.98. The lowest BCUT2D eigenvalue weighted by Gasteiger charge is -2.16. The highest BCUT2D eigenvalue weighted by Crippen LogP contribution is 2.38. The largest absolute Gasteiger partial charge is 0.507 e. The molecule has 4 nitrogen and oxygen atoms in total. The fourth-order valence-corrected chi connectivity index (χ4v) is 4.09. The van der Waals surface area contributed by atoms with E-state index in [9.17, 15) is 9.90 Å². The number of anilines is 1. The molecule has 3 aromatic rings. The van der Waals surface area contributed by atoms with Gasteiger partial charge in [0.15, 0.2) is 5.17 Å². The molecule has 0 atom stereocenters. The Morgan fingerprint density at radius 1 is 0.931 bits per heavy atom. The topological polar surface area (TPSA) is 52.9 Å². The highest BCUT2D eigenvalue weighted by atomic mass is 32.2. The number of phenolic OH excluding ortho intramolecular Hbond substituents is 1. The Morgan fingerprint density at radius 2 is 1.66 bits per heavy atom. The van der Waals surface area contributed by atoms with Gasteiger partial charge in [0, 0.05) is 5.56 Å². The van der Waals surface area contributed by atoms with Crippen LogP contribution in [0.4, 0.5) is 11.4 Å². The van der Waals surface area contributed by atoms with Crippen LogP contribution >= 0.6 is 11.8 Å². The molecule has 3 aromatic carbocycles. The highest BCUT2D eigenvalue weighted by Gasteiger charge is 2.35. The molecule has 5 heteroatoms. The van der Waals surface area contributed by atoms with Gasteiger partial charge in [-0.1, -0.05) is 42.5 Å². The quantitative estimate of drug-likeness (QED) is 0.564. The van der Waals surface area contributed by atoms with Crippen molar-refractivity contribution in [2.24, 2.45) is 4.99 Å². The smallest absolute Gasteiger partial charge is 0.271 e. The number of amides is 1. The van der Waals surface area contributed by atoms with Gasteiger partial charge in [-0.15, -0.1) is 0 Å². The molecule has 1 fully saturated rings. The third-order valence-corrected chi connectivity index (χ3v) is 5.48. The van der Waals surface area contributed by atoms with Gasteiger partial charge in [-0.25, -0.2) is 4.99 Å². The van der Waals surface area contributed by atoms with Gasteiger partial charge in [0.05, 0.1) is 16.3 Å². The number of hydrogen-bond acceptors (Lipinski definition) is 4. The molecule has 144 valence electrons. The minimum absolute atomic E-state index is 0.138. The van der Waals surface area contributed by atoms with E-state index in [0.717, 1.165) is 22.5 Å². The zero-order valence-electron chi connectivity index (χ0n) is 16.2. The summed E-state index contributed by atoms with van der Waals surface area (Å²) in [6, 6.07) is 22.6. The Labute approximate surface area is 174 Å². The van der Waals surface area contributed by atoms with Gasteiger partial charge in [0.1, 0.15) is 5.75 Å². The van der Waals surface area contributed by atoms with Crippen LogP contribution in [0.25, 0.3) is 6.08 Å². The molecule has 29 heavy (non-hydrogen) atoms. The van der Waals surface area contributed by atoms with E-state index in [2.05, 4.69) is 0 Å². The van der Waals surface area contributed by atoms with Gasteiger partial charge in [-0.3, -0.25) is 9.69 Å². The maximum atomic E-state index is 13.3. The number of carbonyl (C=O) groups is 1. The Bertz CT molecular complexity index is 1150. The van der Waals surface area contributed by atoms with Crippen LogP contribution in [-0.2, 0) is 4.79 Å². The van der Waals surface area contributed by atoms with Crippen LogP contribution in [0, 0.1) is 13.8 Å². The number of aryl methyl sites for hydroxylation is 2. The maximum Gasteiger partial charge on any atom is 0.271 e. The number of amidine groups is 1. The van der Waals surface area contributed by atoms with Crippen molar-refractivity contribution in [2.45, 2.75) is 13.8 Å². The Kier molecular flexibility index (Phi) is 5.23. The number of benzene rings is 3. The van der Waals surface area contributed by atoms with Crippen LogP contribution < -0.4 is 4.90 Å². The van der Waals surface area contributed by atoms with E-state index in [4.69, 9.17) is 4.99 Å². The second-order valence-electron chi connectivity index (χ2n) is 6.88. The third kappa shape index (κ3) is 4.10. The summed E-state index contributed by atoms with van der Waals surface area (Å²) in [4.78, 5) is 20.2. The minimum Gasteiger partial charge on any atom is -0.507 e. The first-order valence-corrected chi connectivity index (χ1v) is 10.1. The lowest BCUT2D eigenvalue weighted by Crippen LogP contribution is -2.28. The Morgan fingerprint density at radius 3 is 2.38 bits per heavy atom. The molecular weight excluding hydrogens is 380 g/mol. The average molecular weight is 401 g/mol. The molecule has 0 spiro atoms. The Hall–Kier alpha value is -3.31. The summed E-state index contributed by atoms with van der Waals surface area (Å²) < 4.78 is 0. The molecule has 0 saturated carbocycles. The molecule has 1 amide bonds. The standard InChI is InChI=1S/C24H20N2O2S/c1-16-7-5-10-19(13-16)25-24-26(20-11-6-8-17(2)14-20)23(28)22(29-24)15-18-9-3-4-12-21(18)27/h3-15,27H,1-2H3. The Balaban J connectivity index is 1.81. The van der Waals surface area contributed by atoms with E-state index < -0.39 is 0 Å². The van der Waals surface area contributed by atoms with Gasteiger partial charge >= 0.3 is 0 Å². The molecule has 0 bridgehead atoms. The van der Waals surface area contributed by atoms with Crippen molar-refractivity contribution >= 4 is 40.3 Å². The predicted octanol–water partition coefficient (Wildman–Crippen LogP) is 5.82. The summed E-state index contributed by atoms with van der Waals surface area (Å²) in [5.41, 5.74) is 4.34. The maximum absolute atomic E-state index is 13.3. The third-order valence-electron chi connectivity index (χ3n) is 4.52. The van der Waals surface area contributed by atoms with Crippen molar-refractivity contribution < 1.29 is 9.90 Å². The first kappa shape index (κ1) is 19.0. The van der Waals surface area contributed by atoms with Gasteiger partial charge in [0.2, 0.25) is 0 Å². The zero-order valence-corrected chi connectivity index (χ0v) is 17.0. The van der Waals surface area contributed by atoms with Crippen molar-refractivity contribution in [2.75, 3.05) is 4.90 Å². The summed E-state index contributed by atoms with van der Waals surface area (Å²) in [5.74, 6) is -0.0187. The van der Waals surface area contributed by atoms with Crippen LogP contribution in [0.15, 0.2) is 82.7 Å². The molecule has 1 aliphatic heterocycles. The number of para-hydroxylation sites is 1. The summed E-state index contributed by atoms with van der Waals surface area (Å²) in [5, 5.41) is 10.7. The molecule has 1 aliphatic rings. The van der Waals surface area contributed by atoms with Gasteiger partial charge in [0.25, 0.3) is 5.91 Å². The predicted molar refractivity (Wildman–Crippen MR) is 121 cm³/mol. The summed E-state index contributed by atoms with van der Waals surface area (Å²) >= 11 is 1.31. The highest BCUT2D eigenvalue weighted by molar-refractivity contribution is 8.19. The molecule has 1 heterocycles. The molecular formula is C24H20N2O2S. The molecule has 0 unspecified atom stereocenters. The van der Waals surface area contributed by atoms with Crippen molar-refractivity contribution in [3.05, 3.63) is 94.4 Å². The van der Waals surface area contributed by atoms with Gasteiger partial charge in [-0.2, -0.15) is 0 Å². The molecule has 1 N–H and O–H groups in total. The molecule has 0 radical (unpaired) electrons. The molecule has 1 saturated heterocycles. The molecule has 4 rings (SSSR count). The first-order valence-electron chi connectivity index (χ1n) is 9.25. The number of aliphatic imine (C=N–C) groups is 1. The number of hydrogen-bond donors (Lipinski definition) is 1. The number of thioether (sulfide) groups is 1. The van der Waals surface area contributed by atoms with E-state index in [1.807, 2.05) is 68.4 Å². The lowest BCUT2D eigenvalue weighted by molar-refractivity contribution is -0.113. The van der Waals surface area contributed by atoms with Crippen molar-refractivity contribution in [3.63, 3.8) is 0 Å². The van der Waals surface area contributed by atoms with Crippen molar-refractivity contribution in [3.8, 4) is 5.75 Å². The minimum atomic E-state index is -0.157. The molecule has 0 aliphatic carbocycles. The lowest BCUT2D eigenvalue weighted by atomic mass is 10.1. The monoisotopic (exact) mass is 400 g/mol. The number of phenols is 1. The first-order chi connectivity index (χ1) is 14.0. The van der Waals surface area contributed by atoms with Gasteiger partial charge < -0.3 is 5.11 Å². The second kappa shape index (κ2) is 7.97. The zero-order chi connectivity index (χ0) is 20.4. The van der Waals surface area contributed by atoms with Crippen molar-refractivity contribution in [1.82, 2.24) is 0 Å². The second-order valence-corrected chi connectivity index (χ2v) is 7.89. The number of nitrogens with zero attached hydrogens (tertiary/aromatic N) is 2. The summed E-state index contributed by atoms with van der Waals surface area (Å²) in [6.07, 6.45) is 1.71. The van der Waals surface area contributed by atoms with Crippen LogP contribution in [0.5, 0.6) is 5.75 Å². The number of rotatable bonds is 3. The summed E-state index contributed by atoms with van der Waals surface area (Å²) in [7, 11) is 0. The van der Waals surface area contributed by atoms with Gasteiger partial charge in [-0.05, 0) is 73.1 Å². The SMILES string of the molecule is Cc1cccc(N=C2SC(=Cc3ccccc3O)C(=O)N2c2cccc(C)c2)c1. The van der Waals surface area contributed by atoms with E-state index in [1.54, 1.807) is 29.2 Å². The van der Waals surface area contributed by atoms with E-state index in [1.165, 1.54) is 11.8 Å². The van der Waals surface area contributed by atoms with Crippen LogP contribution in [0.1, 0.15) is 16.7 Å². The summed E-state index contributed by atoms with van der Waals surface area (Å²) in [6.45, 7) is 4.01. The van der Waals surface area contributed by atoms with Crippen LogP contribution in [0.3, 0.4) is 0 Å². The normalized spacial score (nSPS) is 16.8. The number of carbonyl (C=O) groups excluding carboxylic acids is 1. The van der Waals surface area contributed by atoms with E-state index >= 15 is 0 Å². The van der Waals surface area contributed by atoms with Crippen molar-refractivity contribution in [1.29, 1.82) is 0 Å². The van der Waals surface area contributed by atoms with E-state index in [0.29, 0.717) is 15.6 Å². The molecule has 0 aromatic heterocycles. The van der Waals surface area contributed by atoms with Crippen LogP contribution in [-0.4, -0.2) is 16.2 Å². The fourth-order valence-electron chi connectivity index (χ4n) is 3.10.